The van der Waals surface area contributed by atoms with Crippen LogP contribution in [0, 0.1) is 10.5 Å². The van der Waals surface area contributed by atoms with E-state index in [2.05, 4.69) is 27.9 Å². The number of nitrogens with one attached hydrogen (secondary N) is 1. The van der Waals surface area contributed by atoms with Gasteiger partial charge in [-0.25, -0.2) is 0 Å². The van der Waals surface area contributed by atoms with Gasteiger partial charge in [0.1, 0.15) is 0 Å². The van der Waals surface area contributed by atoms with Crippen molar-refractivity contribution in [2.24, 2.45) is 0 Å². The first-order chi connectivity index (χ1) is 9.11. The molecule has 0 aliphatic rings. The maximum atomic E-state index is 12.2. The number of aryl methyl sites for hydroxylation is 1. The largest absolute Gasteiger partial charge is 0.392 e. The standard InChI is InChI=1S/C15H14INO2/c1-10-4-2-7-13(14(10)16)15(19)17-12-6-3-5-11(8-12)9-18/h2-8,18H,9H2,1H3,(H,17,19). The Bertz CT molecular complexity index is 611. The number of aliphatic hydroxyl groups excluding tert-OH is 1. The molecule has 0 radical (unpaired) electrons. The number of benzene rings is 2. The fourth-order valence-corrected chi connectivity index (χ4v) is 2.37. The summed E-state index contributed by atoms with van der Waals surface area (Å²) in [5.74, 6) is -0.136. The quantitative estimate of drug-likeness (QED) is 0.818. The highest BCUT2D eigenvalue weighted by atomic mass is 127. The number of halogens is 1. The number of hydrogen-bond acceptors (Lipinski definition) is 2. The summed E-state index contributed by atoms with van der Waals surface area (Å²) in [6.07, 6.45) is 0. The minimum atomic E-state index is -0.136. The fraction of sp³-hybridized carbons (Fsp3) is 0.133. The zero-order valence-corrected chi connectivity index (χ0v) is 12.6. The van der Waals surface area contributed by atoms with Gasteiger partial charge in [0.2, 0.25) is 0 Å². The molecular formula is C15H14INO2. The minimum absolute atomic E-state index is 0.0360. The van der Waals surface area contributed by atoms with Crippen LogP contribution in [0.2, 0.25) is 0 Å². The molecule has 0 aromatic heterocycles. The summed E-state index contributed by atoms with van der Waals surface area (Å²) < 4.78 is 0.955. The van der Waals surface area contributed by atoms with E-state index in [9.17, 15) is 4.79 Å². The molecule has 3 nitrogen and oxygen atoms in total. The second kappa shape index (κ2) is 6.16. The molecule has 0 atom stereocenters. The van der Waals surface area contributed by atoms with Crippen molar-refractivity contribution in [2.75, 3.05) is 5.32 Å². The van der Waals surface area contributed by atoms with Gasteiger partial charge >= 0.3 is 0 Å². The third kappa shape index (κ3) is 3.33. The third-order valence-electron chi connectivity index (χ3n) is 2.80. The first kappa shape index (κ1) is 14.0. The lowest BCUT2D eigenvalue weighted by Crippen LogP contribution is -2.14. The van der Waals surface area contributed by atoms with Crippen LogP contribution in [0.4, 0.5) is 5.69 Å². The van der Waals surface area contributed by atoms with Crippen molar-refractivity contribution >= 4 is 34.2 Å². The molecule has 0 saturated carbocycles. The lowest BCUT2D eigenvalue weighted by molar-refractivity contribution is 0.102. The Hall–Kier alpha value is -1.40. The maximum absolute atomic E-state index is 12.2. The first-order valence-electron chi connectivity index (χ1n) is 5.88. The fourth-order valence-electron chi connectivity index (χ4n) is 1.77. The number of rotatable bonds is 3. The molecule has 0 aliphatic carbocycles. The van der Waals surface area contributed by atoms with Crippen molar-refractivity contribution in [2.45, 2.75) is 13.5 Å². The zero-order valence-electron chi connectivity index (χ0n) is 10.5. The molecule has 0 spiro atoms. The Morgan fingerprint density at radius 1 is 1.26 bits per heavy atom. The van der Waals surface area contributed by atoms with Gasteiger partial charge in [0.25, 0.3) is 5.91 Å². The first-order valence-corrected chi connectivity index (χ1v) is 6.96. The highest BCUT2D eigenvalue weighted by molar-refractivity contribution is 14.1. The van der Waals surface area contributed by atoms with Gasteiger partial charge in [0.15, 0.2) is 0 Å². The Labute approximate surface area is 125 Å². The molecule has 0 heterocycles. The smallest absolute Gasteiger partial charge is 0.256 e. The minimum Gasteiger partial charge on any atom is -0.392 e. The summed E-state index contributed by atoms with van der Waals surface area (Å²) in [4.78, 5) is 12.2. The lowest BCUT2D eigenvalue weighted by Gasteiger charge is -2.09. The van der Waals surface area contributed by atoms with E-state index in [1.165, 1.54) is 0 Å². The second-order valence-electron chi connectivity index (χ2n) is 4.25. The molecule has 19 heavy (non-hydrogen) atoms. The molecule has 0 fully saturated rings. The van der Waals surface area contributed by atoms with Gasteiger partial charge in [-0.1, -0.05) is 24.3 Å². The van der Waals surface area contributed by atoms with Crippen LogP contribution in [-0.4, -0.2) is 11.0 Å². The molecule has 2 aromatic rings. The molecule has 0 saturated heterocycles. The van der Waals surface area contributed by atoms with Crippen LogP contribution < -0.4 is 5.32 Å². The van der Waals surface area contributed by atoms with Crippen LogP contribution in [0.3, 0.4) is 0 Å². The predicted octanol–water partition coefficient (Wildman–Crippen LogP) is 3.34. The summed E-state index contributed by atoms with van der Waals surface area (Å²) in [6.45, 7) is 1.94. The van der Waals surface area contributed by atoms with Crippen molar-refractivity contribution in [3.05, 3.63) is 62.7 Å². The molecule has 0 aliphatic heterocycles. The monoisotopic (exact) mass is 367 g/mol. The SMILES string of the molecule is Cc1cccc(C(=O)Nc2cccc(CO)c2)c1I. The van der Waals surface area contributed by atoms with Gasteiger partial charge in [-0.3, -0.25) is 4.79 Å². The summed E-state index contributed by atoms with van der Waals surface area (Å²) in [5.41, 5.74) is 3.21. The maximum Gasteiger partial charge on any atom is 0.256 e. The molecule has 1 amide bonds. The zero-order chi connectivity index (χ0) is 13.8. The summed E-state index contributed by atoms with van der Waals surface area (Å²) >= 11 is 2.18. The topological polar surface area (TPSA) is 49.3 Å². The average Bonchev–Trinajstić information content (AvgIpc) is 2.42. The molecule has 0 bridgehead atoms. The summed E-state index contributed by atoms with van der Waals surface area (Å²) in [6, 6.07) is 12.8. The number of carbonyl (C=O) groups is 1. The van der Waals surface area contributed by atoms with Gasteiger partial charge in [-0.15, -0.1) is 0 Å². The Morgan fingerprint density at radius 2 is 2.00 bits per heavy atom. The van der Waals surface area contributed by atoms with Crippen LogP contribution in [0.5, 0.6) is 0 Å². The van der Waals surface area contributed by atoms with E-state index < -0.39 is 0 Å². The van der Waals surface area contributed by atoms with Crippen molar-refractivity contribution in [1.82, 2.24) is 0 Å². The molecular weight excluding hydrogens is 353 g/mol. The normalized spacial score (nSPS) is 10.3. The Kier molecular flexibility index (Phi) is 4.55. The van der Waals surface area contributed by atoms with E-state index in [4.69, 9.17) is 5.11 Å². The van der Waals surface area contributed by atoms with Gasteiger partial charge in [-0.05, 0) is 58.8 Å². The number of amides is 1. The molecule has 2 aromatic carbocycles. The van der Waals surface area contributed by atoms with E-state index in [-0.39, 0.29) is 12.5 Å². The summed E-state index contributed by atoms with van der Waals surface area (Å²) in [5, 5.41) is 11.9. The van der Waals surface area contributed by atoms with Gasteiger partial charge < -0.3 is 10.4 Å². The van der Waals surface area contributed by atoms with E-state index in [1.54, 1.807) is 18.2 Å². The van der Waals surface area contributed by atoms with E-state index in [1.807, 2.05) is 31.2 Å². The van der Waals surface area contributed by atoms with Gasteiger partial charge in [0.05, 0.1) is 12.2 Å². The van der Waals surface area contributed by atoms with E-state index >= 15 is 0 Å². The second-order valence-corrected chi connectivity index (χ2v) is 5.33. The highest BCUT2D eigenvalue weighted by Gasteiger charge is 2.11. The number of anilines is 1. The van der Waals surface area contributed by atoms with Crippen molar-refractivity contribution < 1.29 is 9.90 Å². The van der Waals surface area contributed by atoms with E-state index in [0.29, 0.717) is 11.3 Å². The van der Waals surface area contributed by atoms with Crippen LogP contribution in [0.25, 0.3) is 0 Å². The number of carbonyl (C=O) groups excluding carboxylic acids is 1. The van der Waals surface area contributed by atoms with Crippen molar-refractivity contribution in [1.29, 1.82) is 0 Å². The number of hydrogen-bond donors (Lipinski definition) is 2. The Balaban J connectivity index is 2.23. The Morgan fingerprint density at radius 3 is 2.74 bits per heavy atom. The number of aliphatic hydroxyl groups is 1. The molecule has 4 heteroatoms. The molecule has 2 rings (SSSR count). The molecule has 98 valence electrons. The van der Waals surface area contributed by atoms with E-state index in [0.717, 1.165) is 14.7 Å². The highest BCUT2D eigenvalue weighted by Crippen LogP contribution is 2.19. The predicted molar refractivity (Wildman–Crippen MR) is 84.2 cm³/mol. The van der Waals surface area contributed by atoms with Gasteiger partial charge in [-0.2, -0.15) is 0 Å². The molecule has 0 unspecified atom stereocenters. The van der Waals surface area contributed by atoms with Crippen molar-refractivity contribution in [3.8, 4) is 0 Å². The van der Waals surface area contributed by atoms with Crippen LogP contribution in [-0.2, 0) is 6.61 Å². The van der Waals surface area contributed by atoms with Crippen molar-refractivity contribution in [3.63, 3.8) is 0 Å². The third-order valence-corrected chi connectivity index (χ3v) is 4.24. The average molecular weight is 367 g/mol. The summed E-state index contributed by atoms with van der Waals surface area (Å²) in [7, 11) is 0. The lowest BCUT2D eigenvalue weighted by atomic mass is 10.1. The van der Waals surface area contributed by atoms with Crippen LogP contribution in [0.15, 0.2) is 42.5 Å². The van der Waals surface area contributed by atoms with Gasteiger partial charge in [0, 0.05) is 9.26 Å². The molecule has 2 N–H and O–H groups in total. The van der Waals surface area contributed by atoms with Crippen LogP contribution in [0.1, 0.15) is 21.5 Å². The van der Waals surface area contributed by atoms with Crippen LogP contribution >= 0.6 is 22.6 Å².